The van der Waals surface area contributed by atoms with Gasteiger partial charge in [0.2, 0.25) is 0 Å². The molecule has 2 N–H and O–H groups in total. The highest BCUT2D eigenvalue weighted by Gasteiger charge is 2.23. The van der Waals surface area contributed by atoms with Crippen LogP contribution in [0.1, 0.15) is 16.9 Å². The summed E-state index contributed by atoms with van der Waals surface area (Å²) in [7, 11) is -1.71. The lowest BCUT2D eigenvalue weighted by Crippen LogP contribution is -2.42. The van der Waals surface area contributed by atoms with Crippen LogP contribution in [-0.2, 0) is 21.7 Å². The molecule has 0 aliphatic rings. The van der Waals surface area contributed by atoms with E-state index >= 15 is 0 Å². The van der Waals surface area contributed by atoms with Crippen LogP contribution in [0, 0.1) is 0 Å². The number of carbonyl (C=O) groups is 2. The lowest BCUT2D eigenvalue weighted by atomic mass is 10.2. The summed E-state index contributed by atoms with van der Waals surface area (Å²) < 4.78 is 23.5. The van der Waals surface area contributed by atoms with Crippen molar-refractivity contribution >= 4 is 33.3 Å². The van der Waals surface area contributed by atoms with E-state index in [4.69, 9.17) is 16.7 Å². The van der Waals surface area contributed by atoms with Crippen LogP contribution in [-0.4, -0.2) is 48.0 Å². The Balaban J connectivity index is 2.78. The van der Waals surface area contributed by atoms with Crippen molar-refractivity contribution in [2.75, 3.05) is 12.0 Å². The van der Waals surface area contributed by atoms with Gasteiger partial charge in [-0.1, -0.05) is 11.6 Å². The van der Waals surface area contributed by atoms with E-state index in [2.05, 4.69) is 5.32 Å². The average Bonchev–Trinajstić information content (AvgIpc) is 2.61. The van der Waals surface area contributed by atoms with Gasteiger partial charge in [0, 0.05) is 19.5 Å². The Morgan fingerprint density at radius 2 is 2.10 bits per heavy atom. The van der Waals surface area contributed by atoms with Crippen LogP contribution in [0.3, 0.4) is 0 Å². The number of carbonyl (C=O) groups excluding carboxylic acids is 1. The van der Waals surface area contributed by atoms with Crippen LogP contribution in [0.25, 0.3) is 0 Å². The zero-order chi connectivity index (χ0) is 15.5. The molecule has 1 rings (SSSR count). The van der Waals surface area contributed by atoms with Gasteiger partial charge in [-0.25, -0.2) is 13.2 Å². The molecule has 1 aromatic heterocycles. The molecular weight excluding hydrogens is 308 g/mol. The average molecular weight is 323 g/mol. The summed E-state index contributed by atoms with van der Waals surface area (Å²) in [5.41, 5.74) is 0.195. The first-order valence-corrected chi connectivity index (χ1v) is 8.07. The second-order valence-electron chi connectivity index (χ2n) is 4.44. The number of hydrogen-bond donors (Lipinski definition) is 2. The molecule has 0 spiro atoms. The first kappa shape index (κ1) is 16.5. The fourth-order valence-electron chi connectivity index (χ4n) is 1.57. The maximum absolute atomic E-state index is 11.9. The van der Waals surface area contributed by atoms with E-state index in [1.165, 1.54) is 16.8 Å². The lowest BCUT2D eigenvalue weighted by molar-refractivity contribution is -0.139. The number of amides is 1. The third kappa shape index (κ3) is 4.86. The third-order valence-corrected chi connectivity index (χ3v) is 3.77. The van der Waals surface area contributed by atoms with Crippen molar-refractivity contribution in [1.29, 1.82) is 0 Å². The minimum absolute atomic E-state index is 0.195. The Hall–Kier alpha value is -1.54. The maximum Gasteiger partial charge on any atom is 0.326 e. The van der Waals surface area contributed by atoms with E-state index in [0.717, 1.165) is 6.26 Å². The van der Waals surface area contributed by atoms with E-state index in [0.29, 0.717) is 5.02 Å². The second-order valence-corrected chi connectivity index (χ2v) is 7.13. The maximum atomic E-state index is 11.9. The summed E-state index contributed by atoms with van der Waals surface area (Å²) in [6, 6.07) is 0.123. The molecule has 0 saturated heterocycles. The molecule has 0 aliphatic carbocycles. The number of aliphatic carboxylic acids is 1. The van der Waals surface area contributed by atoms with Crippen molar-refractivity contribution in [3.8, 4) is 0 Å². The highest BCUT2D eigenvalue weighted by Crippen LogP contribution is 2.13. The van der Waals surface area contributed by atoms with Crippen molar-refractivity contribution in [2.24, 2.45) is 7.05 Å². The van der Waals surface area contributed by atoms with Gasteiger partial charge >= 0.3 is 5.97 Å². The molecule has 0 radical (unpaired) electrons. The number of carboxylic acid groups (broad SMARTS) is 1. The van der Waals surface area contributed by atoms with Crippen molar-refractivity contribution < 1.29 is 23.1 Å². The monoisotopic (exact) mass is 322 g/mol. The normalized spacial score (nSPS) is 12.9. The summed E-state index contributed by atoms with van der Waals surface area (Å²) in [4.78, 5) is 22.9. The molecule has 0 aliphatic heterocycles. The number of aromatic nitrogens is 1. The first-order chi connectivity index (χ1) is 9.10. The van der Waals surface area contributed by atoms with Gasteiger partial charge in [0.05, 0.1) is 10.8 Å². The van der Waals surface area contributed by atoms with E-state index in [1.54, 1.807) is 7.05 Å². The number of hydrogen-bond acceptors (Lipinski definition) is 4. The standard InChI is InChI=1S/C11H15ClN2O5S/c1-14-6-7(12)5-9(14)10(15)13-8(11(16)17)3-4-20(2,18)19/h5-6,8H,3-4H2,1-2H3,(H,13,15)(H,16,17). The van der Waals surface area contributed by atoms with Gasteiger partial charge in [-0.15, -0.1) is 0 Å². The van der Waals surface area contributed by atoms with Crippen LogP contribution in [0.2, 0.25) is 5.02 Å². The smallest absolute Gasteiger partial charge is 0.326 e. The molecule has 0 fully saturated rings. The van der Waals surface area contributed by atoms with E-state index in [-0.39, 0.29) is 17.9 Å². The van der Waals surface area contributed by atoms with E-state index in [9.17, 15) is 18.0 Å². The number of sulfone groups is 1. The fraction of sp³-hybridized carbons (Fsp3) is 0.455. The highest BCUT2D eigenvalue weighted by atomic mass is 35.5. The predicted octanol–water partition coefficient (Wildman–Crippen LogP) is 0.296. The Morgan fingerprint density at radius 1 is 1.50 bits per heavy atom. The predicted molar refractivity (Wildman–Crippen MR) is 73.6 cm³/mol. The molecule has 1 unspecified atom stereocenters. The van der Waals surface area contributed by atoms with Crippen molar-refractivity contribution in [3.05, 3.63) is 23.0 Å². The van der Waals surface area contributed by atoms with Gasteiger partial charge in [0.25, 0.3) is 5.91 Å². The lowest BCUT2D eigenvalue weighted by Gasteiger charge is -2.14. The minimum Gasteiger partial charge on any atom is -0.480 e. The molecule has 0 bridgehead atoms. The third-order valence-electron chi connectivity index (χ3n) is 2.58. The summed E-state index contributed by atoms with van der Waals surface area (Å²) in [6.45, 7) is 0. The molecule has 0 saturated carbocycles. The van der Waals surface area contributed by atoms with Crippen LogP contribution in [0.15, 0.2) is 12.3 Å². The first-order valence-electron chi connectivity index (χ1n) is 5.63. The Bertz CT molecular complexity index is 623. The van der Waals surface area contributed by atoms with Gasteiger partial charge < -0.3 is 15.0 Å². The number of halogens is 1. The summed E-state index contributed by atoms with van der Waals surface area (Å²) >= 11 is 5.73. The largest absolute Gasteiger partial charge is 0.480 e. The molecule has 1 aromatic rings. The van der Waals surface area contributed by atoms with Gasteiger partial charge in [0.15, 0.2) is 0 Å². The minimum atomic E-state index is -3.30. The SMILES string of the molecule is Cn1cc(Cl)cc1C(=O)NC(CCS(C)(=O)=O)C(=O)O. The zero-order valence-electron chi connectivity index (χ0n) is 11.0. The molecule has 9 heteroatoms. The van der Waals surface area contributed by atoms with Crippen molar-refractivity contribution in [1.82, 2.24) is 9.88 Å². The van der Waals surface area contributed by atoms with E-state index < -0.39 is 27.8 Å². The number of aryl methyl sites for hydroxylation is 1. The highest BCUT2D eigenvalue weighted by molar-refractivity contribution is 7.90. The number of nitrogens with zero attached hydrogens (tertiary/aromatic N) is 1. The molecule has 1 amide bonds. The quantitative estimate of drug-likeness (QED) is 0.783. The second kappa shape index (κ2) is 6.27. The number of nitrogens with one attached hydrogen (secondary N) is 1. The van der Waals surface area contributed by atoms with Crippen LogP contribution in [0.5, 0.6) is 0 Å². The van der Waals surface area contributed by atoms with Gasteiger partial charge in [-0.3, -0.25) is 4.79 Å². The van der Waals surface area contributed by atoms with Crippen molar-refractivity contribution in [2.45, 2.75) is 12.5 Å². The zero-order valence-corrected chi connectivity index (χ0v) is 12.5. The molecule has 112 valence electrons. The topological polar surface area (TPSA) is 105 Å². The number of carboxylic acids is 1. The van der Waals surface area contributed by atoms with Crippen LogP contribution in [0.4, 0.5) is 0 Å². The summed E-state index contributed by atoms with van der Waals surface area (Å²) in [6.07, 6.45) is 2.31. The Kier molecular flexibility index (Phi) is 5.18. The molecule has 1 heterocycles. The van der Waals surface area contributed by atoms with Crippen molar-refractivity contribution in [3.63, 3.8) is 0 Å². The van der Waals surface area contributed by atoms with Gasteiger partial charge in [-0.05, 0) is 12.5 Å². The fourth-order valence-corrected chi connectivity index (χ4v) is 2.49. The Morgan fingerprint density at radius 3 is 2.50 bits per heavy atom. The molecular formula is C11H15ClN2O5S. The van der Waals surface area contributed by atoms with E-state index in [1.807, 2.05) is 0 Å². The molecule has 20 heavy (non-hydrogen) atoms. The van der Waals surface area contributed by atoms with Crippen LogP contribution >= 0.6 is 11.6 Å². The Labute approximate surface area is 121 Å². The summed E-state index contributed by atoms with van der Waals surface area (Å²) in [5, 5.41) is 11.6. The molecule has 7 nitrogen and oxygen atoms in total. The summed E-state index contributed by atoms with van der Waals surface area (Å²) in [5.74, 6) is -2.24. The molecule has 1 atom stereocenters. The molecule has 0 aromatic carbocycles. The van der Waals surface area contributed by atoms with Gasteiger partial charge in [-0.2, -0.15) is 0 Å². The van der Waals surface area contributed by atoms with Gasteiger partial charge in [0.1, 0.15) is 21.6 Å². The number of rotatable bonds is 6. The van der Waals surface area contributed by atoms with Crippen LogP contribution < -0.4 is 5.32 Å².